The second kappa shape index (κ2) is 9.12. The van der Waals surface area contributed by atoms with Gasteiger partial charge in [0, 0.05) is 31.3 Å². The molecule has 2 amide bonds. The summed E-state index contributed by atoms with van der Waals surface area (Å²) in [7, 11) is -3.87. The normalized spacial score (nSPS) is 14.7. The lowest BCUT2D eigenvalue weighted by Crippen LogP contribution is -2.42. The summed E-state index contributed by atoms with van der Waals surface area (Å²) in [6.07, 6.45) is 0.531. The Balaban J connectivity index is 1.71. The Morgan fingerprint density at radius 1 is 1.31 bits per heavy atom. The Kier molecular flexibility index (Phi) is 6.78. The third-order valence-corrected chi connectivity index (χ3v) is 6.90. The van der Waals surface area contributed by atoms with Gasteiger partial charge in [-0.3, -0.25) is 14.3 Å². The van der Waals surface area contributed by atoms with Crippen molar-refractivity contribution in [3.05, 3.63) is 39.5 Å². The molecule has 1 saturated heterocycles. The maximum Gasteiger partial charge on any atom is 0.261 e. The largest absolute Gasteiger partial charge is 0.370 e. The van der Waals surface area contributed by atoms with Crippen LogP contribution in [0.1, 0.15) is 11.8 Å². The van der Waals surface area contributed by atoms with Gasteiger partial charge in [0.2, 0.25) is 11.8 Å². The van der Waals surface area contributed by atoms with Crippen molar-refractivity contribution in [2.24, 2.45) is 0 Å². The van der Waals surface area contributed by atoms with E-state index in [0.717, 1.165) is 4.88 Å². The van der Waals surface area contributed by atoms with Crippen LogP contribution in [0.2, 0.25) is 5.02 Å². The van der Waals surface area contributed by atoms with Gasteiger partial charge in [0.15, 0.2) is 0 Å². The summed E-state index contributed by atoms with van der Waals surface area (Å²) in [5.74, 6) is -0.369. The standard InChI is InChI=1S/C18H20ClN3O5S2/c1-12(23)20-15-3-2-13(10-14(15)19)29(25,26)21-16-5-9-28-17(16)4-6-22-7-8-27-11-18(22)24/h2-3,5,9-10,21H,4,6-8,11H2,1H3,(H,20,23). The number of hydrogen-bond acceptors (Lipinski definition) is 6. The molecule has 2 N–H and O–H groups in total. The fourth-order valence-electron chi connectivity index (χ4n) is 2.81. The van der Waals surface area contributed by atoms with Gasteiger partial charge >= 0.3 is 0 Å². The number of halogens is 1. The van der Waals surface area contributed by atoms with Crippen LogP contribution in [0.3, 0.4) is 0 Å². The zero-order valence-corrected chi connectivity index (χ0v) is 18.0. The van der Waals surface area contributed by atoms with E-state index in [9.17, 15) is 18.0 Å². The van der Waals surface area contributed by atoms with Gasteiger partial charge in [-0.25, -0.2) is 8.42 Å². The number of nitrogens with zero attached hydrogens (tertiary/aromatic N) is 1. The fourth-order valence-corrected chi connectivity index (χ4v) is 5.11. The lowest BCUT2D eigenvalue weighted by atomic mass is 10.3. The molecule has 1 aliphatic heterocycles. The van der Waals surface area contributed by atoms with Crippen molar-refractivity contribution in [1.82, 2.24) is 4.90 Å². The third-order valence-electron chi connectivity index (χ3n) is 4.24. The Bertz CT molecular complexity index is 1020. The van der Waals surface area contributed by atoms with Crippen LogP contribution >= 0.6 is 22.9 Å². The molecule has 29 heavy (non-hydrogen) atoms. The Morgan fingerprint density at radius 3 is 2.79 bits per heavy atom. The van der Waals surface area contributed by atoms with E-state index in [-0.39, 0.29) is 28.3 Å². The van der Waals surface area contributed by atoms with E-state index in [4.69, 9.17) is 16.3 Å². The summed E-state index contributed by atoms with van der Waals surface area (Å²) < 4.78 is 33.2. The van der Waals surface area contributed by atoms with Crippen LogP contribution in [0.25, 0.3) is 0 Å². The molecular formula is C18H20ClN3O5S2. The molecule has 156 valence electrons. The zero-order chi connectivity index (χ0) is 21.0. The molecule has 0 unspecified atom stereocenters. The van der Waals surface area contributed by atoms with E-state index in [2.05, 4.69) is 10.0 Å². The zero-order valence-electron chi connectivity index (χ0n) is 15.6. The number of nitrogens with one attached hydrogen (secondary N) is 2. The number of thiophene rings is 1. The first kappa shape index (κ1) is 21.6. The van der Waals surface area contributed by atoms with Crippen LogP contribution < -0.4 is 10.0 Å². The molecule has 11 heteroatoms. The van der Waals surface area contributed by atoms with Crippen molar-refractivity contribution in [3.8, 4) is 0 Å². The van der Waals surface area contributed by atoms with Crippen LogP contribution in [0.15, 0.2) is 34.5 Å². The third kappa shape index (κ3) is 5.47. The lowest BCUT2D eigenvalue weighted by molar-refractivity contribution is -0.142. The van der Waals surface area contributed by atoms with Crippen molar-refractivity contribution >= 4 is 56.2 Å². The lowest BCUT2D eigenvalue weighted by Gasteiger charge is -2.26. The van der Waals surface area contributed by atoms with Crippen molar-refractivity contribution in [2.75, 3.05) is 36.3 Å². The molecule has 8 nitrogen and oxygen atoms in total. The van der Waals surface area contributed by atoms with E-state index >= 15 is 0 Å². The molecular weight excluding hydrogens is 438 g/mol. The number of rotatable bonds is 7. The van der Waals surface area contributed by atoms with Gasteiger partial charge in [0.25, 0.3) is 10.0 Å². The number of morpholine rings is 1. The number of carbonyl (C=O) groups is 2. The van der Waals surface area contributed by atoms with Gasteiger partial charge in [-0.05, 0) is 29.6 Å². The summed E-state index contributed by atoms with van der Waals surface area (Å²) in [5, 5.41) is 4.45. The van der Waals surface area contributed by atoms with Crippen molar-refractivity contribution in [2.45, 2.75) is 18.2 Å². The molecule has 0 atom stereocenters. The van der Waals surface area contributed by atoms with E-state index in [0.29, 0.717) is 37.5 Å². The van der Waals surface area contributed by atoms with E-state index in [1.54, 1.807) is 16.3 Å². The summed E-state index contributed by atoms with van der Waals surface area (Å²) in [4.78, 5) is 25.5. The van der Waals surface area contributed by atoms with Crippen LogP contribution in [0, 0.1) is 0 Å². The molecule has 0 spiro atoms. The predicted octanol–water partition coefficient (Wildman–Crippen LogP) is 2.56. The van der Waals surface area contributed by atoms with Gasteiger partial charge in [-0.2, -0.15) is 0 Å². The maximum absolute atomic E-state index is 12.8. The number of ether oxygens (including phenoxy) is 1. The van der Waals surface area contributed by atoms with Crippen molar-refractivity contribution in [3.63, 3.8) is 0 Å². The number of carbonyl (C=O) groups excluding carboxylic acids is 2. The molecule has 2 heterocycles. The first-order chi connectivity index (χ1) is 13.8. The second-order valence-corrected chi connectivity index (χ2v) is 9.46. The van der Waals surface area contributed by atoms with Gasteiger partial charge < -0.3 is 15.0 Å². The number of sulfonamides is 1. The Hall–Kier alpha value is -2.14. The van der Waals surface area contributed by atoms with Crippen LogP contribution in [-0.2, 0) is 30.8 Å². The van der Waals surface area contributed by atoms with E-state index < -0.39 is 10.0 Å². The minimum absolute atomic E-state index is 0.0166. The molecule has 1 fully saturated rings. The number of amides is 2. The smallest absolute Gasteiger partial charge is 0.261 e. The van der Waals surface area contributed by atoms with Crippen molar-refractivity contribution < 1.29 is 22.7 Å². The average molecular weight is 458 g/mol. The van der Waals surface area contributed by atoms with E-state index in [1.807, 2.05) is 0 Å². The van der Waals surface area contributed by atoms with Crippen molar-refractivity contribution in [1.29, 1.82) is 0 Å². The molecule has 1 aromatic carbocycles. The summed E-state index contributed by atoms with van der Waals surface area (Å²) >= 11 is 7.51. The summed E-state index contributed by atoms with van der Waals surface area (Å²) in [6, 6.07) is 5.79. The molecule has 0 saturated carbocycles. The second-order valence-electron chi connectivity index (χ2n) is 6.37. The summed E-state index contributed by atoms with van der Waals surface area (Å²) in [5.41, 5.74) is 0.808. The van der Waals surface area contributed by atoms with Crippen LogP contribution in [0.4, 0.5) is 11.4 Å². The maximum atomic E-state index is 12.8. The van der Waals surface area contributed by atoms with Gasteiger partial charge in [0.1, 0.15) is 6.61 Å². The molecule has 1 aromatic heterocycles. The highest BCUT2D eigenvalue weighted by atomic mass is 35.5. The average Bonchev–Trinajstić information content (AvgIpc) is 3.08. The van der Waals surface area contributed by atoms with Crippen LogP contribution in [0.5, 0.6) is 0 Å². The molecule has 0 radical (unpaired) electrons. The quantitative estimate of drug-likeness (QED) is 0.664. The van der Waals surface area contributed by atoms with Gasteiger partial charge in [-0.15, -0.1) is 11.3 Å². The SMILES string of the molecule is CC(=O)Nc1ccc(S(=O)(=O)Nc2ccsc2CCN2CCOCC2=O)cc1Cl. The predicted molar refractivity (Wildman–Crippen MR) is 112 cm³/mol. The summed E-state index contributed by atoms with van der Waals surface area (Å²) in [6.45, 7) is 2.95. The fraction of sp³-hybridized carbons (Fsp3) is 0.333. The highest BCUT2D eigenvalue weighted by molar-refractivity contribution is 7.92. The number of hydrogen-bond donors (Lipinski definition) is 2. The minimum atomic E-state index is -3.87. The molecule has 2 aromatic rings. The number of anilines is 2. The van der Waals surface area contributed by atoms with E-state index in [1.165, 1.54) is 36.5 Å². The molecule has 0 aliphatic carbocycles. The van der Waals surface area contributed by atoms with Gasteiger partial charge in [-0.1, -0.05) is 11.6 Å². The number of benzene rings is 1. The first-order valence-corrected chi connectivity index (χ1v) is 11.5. The minimum Gasteiger partial charge on any atom is -0.370 e. The Morgan fingerprint density at radius 2 is 2.10 bits per heavy atom. The molecule has 1 aliphatic rings. The molecule has 3 rings (SSSR count). The molecule has 0 bridgehead atoms. The first-order valence-electron chi connectivity index (χ1n) is 8.78. The Labute approximate surface area is 177 Å². The highest BCUT2D eigenvalue weighted by Gasteiger charge is 2.21. The highest BCUT2D eigenvalue weighted by Crippen LogP contribution is 2.29. The topological polar surface area (TPSA) is 105 Å². The van der Waals surface area contributed by atoms with Crippen LogP contribution in [-0.4, -0.2) is 51.4 Å². The van der Waals surface area contributed by atoms with Gasteiger partial charge in [0.05, 0.1) is 27.9 Å². The monoisotopic (exact) mass is 457 g/mol.